The van der Waals surface area contributed by atoms with Crippen LogP contribution in [0.3, 0.4) is 0 Å². The van der Waals surface area contributed by atoms with Crippen LogP contribution in [-0.4, -0.2) is 13.0 Å². The Morgan fingerprint density at radius 2 is 2.00 bits per heavy atom. The lowest BCUT2D eigenvalue weighted by Crippen LogP contribution is -2.21. The molecule has 0 spiro atoms. The largest absolute Gasteiger partial charge is 0.277 e. The van der Waals surface area contributed by atoms with Crippen LogP contribution in [-0.2, 0) is 4.84 Å². The summed E-state index contributed by atoms with van der Waals surface area (Å²) in [5.41, 5.74) is 2.48. The van der Waals surface area contributed by atoms with Crippen molar-refractivity contribution in [1.29, 1.82) is 0 Å². The third kappa shape index (κ3) is 2.03. The van der Waals surface area contributed by atoms with Gasteiger partial charge in [0.05, 0.1) is 7.11 Å². The van der Waals surface area contributed by atoms with Crippen LogP contribution in [0.1, 0.15) is 10.4 Å². The van der Waals surface area contributed by atoms with E-state index in [9.17, 15) is 9.18 Å². The molecule has 3 nitrogen and oxygen atoms in total. The van der Waals surface area contributed by atoms with Crippen molar-refractivity contribution in [3.63, 3.8) is 0 Å². The molecule has 1 rings (SSSR count). The summed E-state index contributed by atoms with van der Waals surface area (Å²) in [5.74, 6) is -0.763. The van der Waals surface area contributed by atoms with E-state index in [0.717, 1.165) is 0 Å². The van der Waals surface area contributed by atoms with Crippen molar-refractivity contribution in [3.8, 4) is 0 Å². The minimum Gasteiger partial charge on any atom is -0.277 e. The van der Waals surface area contributed by atoms with Crippen molar-refractivity contribution < 1.29 is 14.0 Å². The molecule has 0 atom stereocenters. The summed E-state index contributed by atoms with van der Waals surface area (Å²) in [6, 6.07) is 5.18. The molecular weight excluding hydrogens is 161 g/mol. The minimum atomic E-state index is -0.391. The lowest BCUT2D eigenvalue weighted by atomic mass is 10.2. The average Bonchev–Trinajstić information content (AvgIpc) is 2.06. The van der Waals surface area contributed by atoms with E-state index >= 15 is 0 Å². The van der Waals surface area contributed by atoms with Crippen LogP contribution in [0.5, 0.6) is 0 Å². The van der Waals surface area contributed by atoms with Crippen LogP contribution in [0, 0.1) is 5.82 Å². The van der Waals surface area contributed by atoms with E-state index in [2.05, 4.69) is 10.3 Å². The summed E-state index contributed by atoms with van der Waals surface area (Å²) in [6.45, 7) is 0. The van der Waals surface area contributed by atoms with Crippen LogP contribution in [0.4, 0.5) is 4.39 Å². The Hall–Kier alpha value is -1.42. The molecule has 64 valence electrons. The highest BCUT2D eigenvalue weighted by atomic mass is 19.1. The van der Waals surface area contributed by atoms with Crippen LogP contribution >= 0.6 is 0 Å². The van der Waals surface area contributed by atoms with Crippen LogP contribution < -0.4 is 5.48 Å². The van der Waals surface area contributed by atoms with Crippen molar-refractivity contribution in [1.82, 2.24) is 5.48 Å². The lowest BCUT2D eigenvalue weighted by Gasteiger charge is -2.00. The molecule has 1 amide bonds. The number of nitrogens with one attached hydrogen (secondary N) is 1. The number of rotatable bonds is 2. The molecule has 0 aromatic heterocycles. The first kappa shape index (κ1) is 8.67. The summed E-state index contributed by atoms with van der Waals surface area (Å²) in [4.78, 5) is 15.4. The van der Waals surface area contributed by atoms with E-state index in [4.69, 9.17) is 0 Å². The Balaban J connectivity index is 2.75. The van der Waals surface area contributed by atoms with E-state index in [1.54, 1.807) is 0 Å². The molecular formula is C8H8FNO2. The van der Waals surface area contributed by atoms with Crippen molar-refractivity contribution in [3.05, 3.63) is 35.6 Å². The van der Waals surface area contributed by atoms with Crippen molar-refractivity contribution in [2.75, 3.05) is 7.11 Å². The molecule has 1 N–H and O–H groups in total. The maximum Gasteiger partial charge on any atom is 0.274 e. The van der Waals surface area contributed by atoms with Crippen molar-refractivity contribution >= 4 is 5.91 Å². The SMILES string of the molecule is CONC(=O)c1ccc(F)cc1. The fraction of sp³-hybridized carbons (Fsp3) is 0.125. The van der Waals surface area contributed by atoms with Gasteiger partial charge in [-0.3, -0.25) is 9.63 Å². The highest BCUT2D eigenvalue weighted by Gasteiger charge is 2.03. The topological polar surface area (TPSA) is 38.3 Å². The zero-order chi connectivity index (χ0) is 8.97. The van der Waals surface area contributed by atoms with Crippen LogP contribution in [0.2, 0.25) is 0 Å². The Morgan fingerprint density at radius 3 is 2.50 bits per heavy atom. The second kappa shape index (κ2) is 3.82. The van der Waals surface area contributed by atoms with Gasteiger partial charge >= 0.3 is 0 Å². The van der Waals surface area contributed by atoms with E-state index in [1.807, 2.05) is 0 Å². The van der Waals surface area contributed by atoms with Gasteiger partial charge in [-0.1, -0.05) is 0 Å². The lowest BCUT2D eigenvalue weighted by molar-refractivity contribution is 0.0537. The molecule has 1 aromatic rings. The van der Waals surface area contributed by atoms with Gasteiger partial charge in [0.1, 0.15) is 5.82 Å². The van der Waals surface area contributed by atoms with Gasteiger partial charge in [-0.05, 0) is 24.3 Å². The van der Waals surface area contributed by atoms with Gasteiger partial charge in [-0.2, -0.15) is 0 Å². The van der Waals surface area contributed by atoms with Crippen LogP contribution in [0.25, 0.3) is 0 Å². The molecule has 12 heavy (non-hydrogen) atoms. The molecule has 0 aliphatic heterocycles. The number of hydrogen-bond donors (Lipinski definition) is 1. The second-order valence-electron chi connectivity index (χ2n) is 2.14. The number of amides is 1. The summed E-state index contributed by atoms with van der Waals surface area (Å²) in [7, 11) is 1.33. The van der Waals surface area contributed by atoms with E-state index < -0.39 is 5.91 Å². The normalized spacial score (nSPS) is 9.50. The first-order chi connectivity index (χ1) is 5.74. The third-order valence-corrected chi connectivity index (χ3v) is 1.30. The molecule has 0 radical (unpaired) electrons. The quantitative estimate of drug-likeness (QED) is 0.673. The Bertz CT molecular complexity index is 271. The zero-order valence-electron chi connectivity index (χ0n) is 6.50. The first-order valence-corrected chi connectivity index (χ1v) is 3.33. The second-order valence-corrected chi connectivity index (χ2v) is 2.14. The molecule has 0 heterocycles. The number of benzene rings is 1. The Kier molecular flexibility index (Phi) is 2.76. The number of hydrogen-bond acceptors (Lipinski definition) is 2. The number of carbonyl (C=O) groups is 1. The van der Waals surface area contributed by atoms with Crippen molar-refractivity contribution in [2.24, 2.45) is 0 Å². The van der Waals surface area contributed by atoms with Gasteiger partial charge in [0.15, 0.2) is 0 Å². The van der Waals surface area contributed by atoms with Gasteiger partial charge in [0, 0.05) is 5.56 Å². The molecule has 0 bridgehead atoms. The monoisotopic (exact) mass is 169 g/mol. The standard InChI is InChI=1S/C8H8FNO2/c1-12-10-8(11)6-2-4-7(9)5-3-6/h2-5H,1H3,(H,10,11). The summed E-state index contributed by atoms with van der Waals surface area (Å²) in [6.07, 6.45) is 0. The van der Waals surface area contributed by atoms with E-state index in [0.29, 0.717) is 5.56 Å². The predicted octanol–water partition coefficient (Wildman–Crippen LogP) is 1.12. The molecule has 0 saturated carbocycles. The Labute approximate surface area is 69.1 Å². The molecule has 0 aliphatic rings. The smallest absolute Gasteiger partial charge is 0.274 e. The highest BCUT2D eigenvalue weighted by Crippen LogP contribution is 2.01. The van der Waals surface area contributed by atoms with E-state index in [-0.39, 0.29) is 5.82 Å². The predicted molar refractivity (Wildman–Crippen MR) is 40.9 cm³/mol. The third-order valence-electron chi connectivity index (χ3n) is 1.30. The molecule has 0 unspecified atom stereocenters. The Morgan fingerprint density at radius 1 is 1.42 bits per heavy atom. The van der Waals surface area contributed by atoms with E-state index in [1.165, 1.54) is 31.4 Å². The minimum absolute atomic E-state index is 0.359. The molecule has 1 aromatic carbocycles. The maximum atomic E-state index is 12.4. The van der Waals surface area contributed by atoms with Gasteiger partial charge in [0.25, 0.3) is 5.91 Å². The maximum absolute atomic E-state index is 12.4. The molecule has 0 aliphatic carbocycles. The number of halogens is 1. The van der Waals surface area contributed by atoms with Gasteiger partial charge in [-0.25, -0.2) is 9.87 Å². The highest BCUT2D eigenvalue weighted by molar-refractivity contribution is 5.93. The van der Waals surface area contributed by atoms with Crippen LogP contribution in [0.15, 0.2) is 24.3 Å². The number of carbonyl (C=O) groups excluding carboxylic acids is 1. The fourth-order valence-corrected chi connectivity index (χ4v) is 0.753. The first-order valence-electron chi connectivity index (χ1n) is 3.33. The molecule has 4 heteroatoms. The number of hydroxylamine groups is 1. The summed E-state index contributed by atoms with van der Waals surface area (Å²) >= 11 is 0. The average molecular weight is 169 g/mol. The molecule has 0 fully saturated rings. The summed E-state index contributed by atoms with van der Waals surface area (Å²) in [5, 5.41) is 0. The zero-order valence-corrected chi connectivity index (χ0v) is 6.50. The van der Waals surface area contributed by atoms with Crippen molar-refractivity contribution in [2.45, 2.75) is 0 Å². The van der Waals surface area contributed by atoms with Gasteiger partial charge < -0.3 is 0 Å². The summed E-state index contributed by atoms with van der Waals surface area (Å²) < 4.78 is 12.4. The van der Waals surface area contributed by atoms with Gasteiger partial charge in [-0.15, -0.1) is 0 Å². The fourth-order valence-electron chi connectivity index (χ4n) is 0.753. The van der Waals surface area contributed by atoms with Gasteiger partial charge in [0.2, 0.25) is 0 Å². The molecule has 0 saturated heterocycles.